The average Bonchev–Trinajstić information content (AvgIpc) is 3.07. The Kier molecular flexibility index (Phi) is 5.63. The molecule has 0 amide bonds. The van der Waals surface area contributed by atoms with Crippen LogP contribution in [0.5, 0.6) is 5.88 Å². The molecular formula is C21H22F3N3OS. The Morgan fingerprint density at radius 2 is 2.00 bits per heavy atom. The van der Waals surface area contributed by atoms with E-state index in [1.807, 2.05) is 30.0 Å². The molecule has 2 aromatic heterocycles. The van der Waals surface area contributed by atoms with E-state index in [9.17, 15) is 13.2 Å². The number of pyridine rings is 1. The van der Waals surface area contributed by atoms with Gasteiger partial charge < -0.3 is 14.6 Å². The minimum Gasteiger partial charge on any atom is -0.481 e. The van der Waals surface area contributed by atoms with Crippen molar-refractivity contribution in [1.29, 1.82) is 0 Å². The Morgan fingerprint density at radius 3 is 2.66 bits per heavy atom. The molecule has 3 heterocycles. The standard InChI is InChI=1S/C21H22F3N3OS/c1-28-20-6-5-14(12-25-20)19-11-16-17(26-15-7-9-29-10-8-15)3-2-4-18(16)27(19)13-21(22,23)24/h2-6,11-12,15,26H,7-10,13H2,1H3. The fourth-order valence-electron chi connectivity index (χ4n) is 3.71. The Bertz CT molecular complexity index is 979. The monoisotopic (exact) mass is 421 g/mol. The number of anilines is 1. The summed E-state index contributed by atoms with van der Waals surface area (Å²) < 4.78 is 46.5. The number of halogens is 3. The van der Waals surface area contributed by atoms with E-state index in [1.165, 1.54) is 11.7 Å². The summed E-state index contributed by atoms with van der Waals surface area (Å²) in [6.45, 7) is -1.05. The van der Waals surface area contributed by atoms with Gasteiger partial charge in [-0.05, 0) is 48.6 Å². The summed E-state index contributed by atoms with van der Waals surface area (Å²) in [5, 5.41) is 4.35. The van der Waals surface area contributed by atoms with Crippen molar-refractivity contribution >= 4 is 28.4 Å². The lowest BCUT2D eigenvalue weighted by atomic mass is 10.1. The van der Waals surface area contributed by atoms with Crippen LogP contribution < -0.4 is 10.1 Å². The highest BCUT2D eigenvalue weighted by atomic mass is 32.2. The number of rotatable bonds is 5. The summed E-state index contributed by atoms with van der Waals surface area (Å²) in [6.07, 6.45) is -0.671. The molecule has 1 fully saturated rings. The summed E-state index contributed by atoms with van der Waals surface area (Å²) in [7, 11) is 1.50. The van der Waals surface area contributed by atoms with E-state index in [0.29, 0.717) is 28.7 Å². The number of hydrogen-bond acceptors (Lipinski definition) is 4. The van der Waals surface area contributed by atoms with Crippen LogP contribution in [0.25, 0.3) is 22.2 Å². The maximum Gasteiger partial charge on any atom is 0.406 e. The second-order valence-corrected chi connectivity index (χ2v) is 8.31. The molecule has 3 aromatic rings. The average molecular weight is 421 g/mol. The van der Waals surface area contributed by atoms with E-state index >= 15 is 0 Å². The molecule has 1 aliphatic heterocycles. The van der Waals surface area contributed by atoms with Gasteiger partial charge in [-0.2, -0.15) is 24.9 Å². The summed E-state index contributed by atoms with van der Waals surface area (Å²) in [5.41, 5.74) is 2.54. The molecule has 29 heavy (non-hydrogen) atoms. The van der Waals surface area contributed by atoms with E-state index < -0.39 is 12.7 Å². The summed E-state index contributed by atoms with van der Waals surface area (Å²) in [5.74, 6) is 2.63. The second-order valence-electron chi connectivity index (χ2n) is 7.09. The molecule has 0 unspecified atom stereocenters. The second kappa shape index (κ2) is 8.18. The predicted octanol–water partition coefficient (Wildman–Crippen LogP) is 5.58. The number of ether oxygens (including phenoxy) is 1. The number of nitrogens with one attached hydrogen (secondary N) is 1. The number of alkyl halides is 3. The van der Waals surface area contributed by atoms with Crippen LogP contribution in [0.1, 0.15) is 12.8 Å². The van der Waals surface area contributed by atoms with Gasteiger partial charge in [0.25, 0.3) is 0 Å². The number of thioether (sulfide) groups is 1. The minimum atomic E-state index is -4.33. The molecule has 1 aromatic carbocycles. The van der Waals surface area contributed by atoms with Crippen LogP contribution in [0.15, 0.2) is 42.6 Å². The van der Waals surface area contributed by atoms with Crippen molar-refractivity contribution in [1.82, 2.24) is 9.55 Å². The quantitative estimate of drug-likeness (QED) is 0.584. The number of aromatic nitrogens is 2. The van der Waals surface area contributed by atoms with Crippen LogP contribution in [0.3, 0.4) is 0 Å². The van der Waals surface area contributed by atoms with Crippen molar-refractivity contribution in [3.8, 4) is 17.1 Å². The van der Waals surface area contributed by atoms with Gasteiger partial charge >= 0.3 is 6.18 Å². The molecule has 1 N–H and O–H groups in total. The highest BCUT2D eigenvalue weighted by Gasteiger charge is 2.30. The number of hydrogen-bond donors (Lipinski definition) is 1. The first-order valence-corrected chi connectivity index (χ1v) is 10.6. The first-order chi connectivity index (χ1) is 13.9. The summed E-state index contributed by atoms with van der Waals surface area (Å²) in [4.78, 5) is 4.16. The minimum absolute atomic E-state index is 0.346. The van der Waals surface area contributed by atoms with Gasteiger partial charge in [-0.1, -0.05) is 6.07 Å². The van der Waals surface area contributed by atoms with E-state index in [0.717, 1.165) is 35.4 Å². The van der Waals surface area contributed by atoms with Crippen molar-refractivity contribution in [3.05, 3.63) is 42.6 Å². The summed E-state index contributed by atoms with van der Waals surface area (Å²) in [6, 6.07) is 11.1. The fourth-order valence-corrected chi connectivity index (χ4v) is 4.82. The van der Waals surface area contributed by atoms with Gasteiger partial charge in [0, 0.05) is 34.9 Å². The largest absolute Gasteiger partial charge is 0.481 e. The first kappa shape index (κ1) is 19.9. The van der Waals surface area contributed by atoms with Crippen LogP contribution in [-0.4, -0.2) is 40.4 Å². The van der Waals surface area contributed by atoms with Crippen LogP contribution in [0.2, 0.25) is 0 Å². The molecular weight excluding hydrogens is 399 g/mol. The number of methoxy groups -OCH3 is 1. The van der Waals surface area contributed by atoms with Crippen LogP contribution in [0, 0.1) is 0 Å². The predicted molar refractivity (Wildman–Crippen MR) is 112 cm³/mol. The number of fused-ring (bicyclic) bond motifs is 1. The zero-order valence-corrected chi connectivity index (χ0v) is 16.8. The molecule has 0 radical (unpaired) electrons. The number of benzene rings is 1. The molecule has 8 heteroatoms. The van der Waals surface area contributed by atoms with Gasteiger partial charge in [0.2, 0.25) is 5.88 Å². The summed E-state index contributed by atoms with van der Waals surface area (Å²) >= 11 is 1.94. The third-order valence-corrected chi connectivity index (χ3v) is 6.15. The van der Waals surface area contributed by atoms with E-state index in [2.05, 4.69) is 10.3 Å². The van der Waals surface area contributed by atoms with Gasteiger partial charge in [0.1, 0.15) is 6.54 Å². The molecule has 0 spiro atoms. The lowest BCUT2D eigenvalue weighted by molar-refractivity contribution is -0.139. The third kappa shape index (κ3) is 4.47. The van der Waals surface area contributed by atoms with Gasteiger partial charge in [-0.25, -0.2) is 4.98 Å². The van der Waals surface area contributed by atoms with Crippen molar-refractivity contribution < 1.29 is 17.9 Å². The molecule has 0 bridgehead atoms. The maximum atomic E-state index is 13.4. The molecule has 0 aliphatic carbocycles. The van der Waals surface area contributed by atoms with E-state index in [4.69, 9.17) is 4.74 Å². The van der Waals surface area contributed by atoms with Crippen LogP contribution >= 0.6 is 11.8 Å². The normalized spacial score (nSPS) is 15.6. The molecule has 0 saturated carbocycles. The van der Waals surface area contributed by atoms with E-state index in [-0.39, 0.29) is 0 Å². The SMILES string of the molecule is COc1ccc(-c2cc3c(NC4CCSCC4)cccc3n2CC(F)(F)F)cn1. The maximum absolute atomic E-state index is 13.4. The molecule has 4 rings (SSSR count). The van der Waals surface area contributed by atoms with Gasteiger partial charge in [-0.3, -0.25) is 0 Å². The van der Waals surface area contributed by atoms with Crippen LogP contribution in [-0.2, 0) is 6.54 Å². The Labute approximate surface area is 171 Å². The van der Waals surface area contributed by atoms with Crippen molar-refractivity contribution in [2.75, 3.05) is 23.9 Å². The van der Waals surface area contributed by atoms with Gasteiger partial charge in [-0.15, -0.1) is 0 Å². The fraction of sp³-hybridized carbons (Fsp3) is 0.381. The van der Waals surface area contributed by atoms with Crippen molar-refractivity contribution in [2.45, 2.75) is 31.6 Å². The molecule has 1 aliphatic rings. The zero-order chi connectivity index (χ0) is 20.4. The number of nitrogens with zero attached hydrogens (tertiary/aromatic N) is 2. The van der Waals surface area contributed by atoms with Gasteiger partial charge in [0.15, 0.2) is 0 Å². The van der Waals surface area contributed by atoms with Crippen molar-refractivity contribution in [2.24, 2.45) is 0 Å². The first-order valence-electron chi connectivity index (χ1n) is 9.48. The lowest BCUT2D eigenvalue weighted by Crippen LogP contribution is -2.24. The van der Waals surface area contributed by atoms with E-state index in [1.54, 1.807) is 24.4 Å². The Balaban J connectivity index is 1.80. The van der Waals surface area contributed by atoms with Crippen molar-refractivity contribution in [3.63, 3.8) is 0 Å². The lowest BCUT2D eigenvalue weighted by Gasteiger charge is -2.24. The molecule has 4 nitrogen and oxygen atoms in total. The third-order valence-electron chi connectivity index (χ3n) is 5.11. The molecule has 0 atom stereocenters. The highest BCUT2D eigenvalue weighted by molar-refractivity contribution is 7.99. The smallest absolute Gasteiger partial charge is 0.406 e. The Morgan fingerprint density at radius 1 is 1.21 bits per heavy atom. The molecule has 154 valence electrons. The topological polar surface area (TPSA) is 39.1 Å². The zero-order valence-electron chi connectivity index (χ0n) is 16.0. The highest BCUT2D eigenvalue weighted by Crippen LogP contribution is 2.36. The molecule has 1 saturated heterocycles. The van der Waals surface area contributed by atoms with Crippen LogP contribution in [0.4, 0.5) is 18.9 Å². The Hall–Kier alpha value is -2.35. The van der Waals surface area contributed by atoms with Gasteiger partial charge in [0.05, 0.1) is 18.3 Å².